The average Bonchev–Trinajstić information content (AvgIpc) is 2.50. The third-order valence-electron chi connectivity index (χ3n) is 2.67. The van der Waals surface area contributed by atoms with Gasteiger partial charge in [-0.15, -0.1) is 0 Å². The maximum Gasteiger partial charge on any atom is 0.133 e. The van der Waals surface area contributed by atoms with Gasteiger partial charge in [-0.05, 0) is 19.3 Å². The first kappa shape index (κ1) is 9.84. The van der Waals surface area contributed by atoms with E-state index in [9.17, 15) is 0 Å². The van der Waals surface area contributed by atoms with E-state index in [0.29, 0.717) is 0 Å². The molecule has 0 aromatic carbocycles. The summed E-state index contributed by atoms with van der Waals surface area (Å²) in [5, 5.41) is 0. The number of H-pyrrole nitrogens is 1. The molecule has 0 fully saturated rings. The number of aromatic nitrogens is 2. The molecule has 0 unspecified atom stereocenters. The monoisotopic (exact) mass is 208 g/mol. The van der Waals surface area contributed by atoms with Gasteiger partial charge in [-0.2, -0.15) is 0 Å². The van der Waals surface area contributed by atoms with Crippen LogP contribution in [0.1, 0.15) is 44.3 Å². The normalized spacial score (nSPS) is 15.6. The number of rotatable bonds is 0. The Morgan fingerprint density at radius 3 is 2.64 bits per heavy atom. The zero-order valence-electron chi connectivity index (χ0n) is 8.98. The van der Waals surface area contributed by atoms with Crippen LogP contribution in [0.15, 0.2) is 0 Å². The van der Waals surface area contributed by atoms with Gasteiger partial charge in [-0.1, -0.05) is 33.0 Å². The van der Waals surface area contributed by atoms with E-state index in [1.165, 1.54) is 17.7 Å². The third-order valence-corrected chi connectivity index (χ3v) is 3.01. The minimum Gasteiger partial charge on any atom is -0.346 e. The number of fused-ring (bicyclic) bond motifs is 1. The highest BCUT2D eigenvalue weighted by molar-refractivity contribution is 7.71. The fraction of sp³-hybridized carbons (Fsp3) is 0.636. The van der Waals surface area contributed by atoms with E-state index in [-0.39, 0.29) is 5.41 Å². The summed E-state index contributed by atoms with van der Waals surface area (Å²) in [5.74, 6) is 1.02. The molecule has 0 radical (unpaired) electrons. The Kier molecular flexibility index (Phi) is 2.22. The van der Waals surface area contributed by atoms with Gasteiger partial charge in [-0.3, -0.25) is 0 Å². The second kappa shape index (κ2) is 3.16. The molecule has 0 saturated carbocycles. The molecule has 1 aliphatic rings. The lowest BCUT2D eigenvalue weighted by atomic mass is 9.95. The largest absolute Gasteiger partial charge is 0.346 e. The number of aromatic amines is 1. The minimum absolute atomic E-state index is 0.0607. The van der Waals surface area contributed by atoms with E-state index in [4.69, 9.17) is 12.2 Å². The van der Waals surface area contributed by atoms with E-state index in [2.05, 4.69) is 30.7 Å². The summed E-state index contributed by atoms with van der Waals surface area (Å²) in [6, 6.07) is 0. The van der Waals surface area contributed by atoms with E-state index < -0.39 is 0 Å². The predicted molar refractivity (Wildman–Crippen MR) is 60.1 cm³/mol. The smallest absolute Gasteiger partial charge is 0.133 e. The SMILES string of the molecule is CC(C)(C)c1nc(=S)c2c([nH]1)CCC2. The maximum atomic E-state index is 5.30. The summed E-state index contributed by atoms with van der Waals surface area (Å²) < 4.78 is 0.807. The Hall–Kier alpha value is -0.700. The molecule has 0 bridgehead atoms. The van der Waals surface area contributed by atoms with Crippen LogP contribution in [0.25, 0.3) is 0 Å². The first-order valence-corrected chi connectivity index (χ1v) is 5.52. The number of nitrogens with one attached hydrogen (secondary N) is 1. The van der Waals surface area contributed by atoms with Crippen molar-refractivity contribution in [3.05, 3.63) is 21.7 Å². The van der Waals surface area contributed by atoms with Crippen molar-refractivity contribution in [3.8, 4) is 0 Å². The topological polar surface area (TPSA) is 28.7 Å². The van der Waals surface area contributed by atoms with Crippen LogP contribution in [0.2, 0.25) is 0 Å². The summed E-state index contributed by atoms with van der Waals surface area (Å²) in [4.78, 5) is 7.90. The summed E-state index contributed by atoms with van der Waals surface area (Å²) in [5.41, 5.74) is 2.65. The molecule has 1 aromatic rings. The Labute approximate surface area is 89.8 Å². The highest BCUT2D eigenvalue weighted by atomic mass is 32.1. The summed E-state index contributed by atoms with van der Waals surface area (Å²) >= 11 is 5.30. The molecule has 1 aliphatic carbocycles. The molecule has 14 heavy (non-hydrogen) atoms. The quantitative estimate of drug-likeness (QED) is 0.664. The lowest BCUT2D eigenvalue weighted by Crippen LogP contribution is -2.17. The summed E-state index contributed by atoms with van der Waals surface area (Å²) in [7, 11) is 0. The van der Waals surface area contributed by atoms with Gasteiger partial charge in [0, 0.05) is 16.7 Å². The maximum absolute atomic E-state index is 5.30. The van der Waals surface area contributed by atoms with Gasteiger partial charge in [0.05, 0.1) is 0 Å². The van der Waals surface area contributed by atoms with E-state index in [1.54, 1.807) is 0 Å². The van der Waals surface area contributed by atoms with Crippen LogP contribution in [-0.2, 0) is 18.3 Å². The molecule has 0 atom stereocenters. The van der Waals surface area contributed by atoms with Crippen molar-refractivity contribution in [2.24, 2.45) is 0 Å². The van der Waals surface area contributed by atoms with E-state index in [1.807, 2.05) is 0 Å². The van der Waals surface area contributed by atoms with Crippen LogP contribution in [0, 0.1) is 4.64 Å². The molecule has 0 saturated heterocycles. The molecule has 1 aromatic heterocycles. The van der Waals surface area contributed by atoms with Gasteiger partial charge in [0.2, 0.25) is 0 Å². The second-order valence-corrected chi connectivity index (χ2v) is 5.34. The van der Waals surface area contributed by atoms with Crippen molar-refractivity contribution in [2.75, 3.05) is 0 Å². The van der Waals surface area contributed by atoms with Crippen molar-refractivity contribution in [1.29, 1.82) is 0 Å². The Balaban J connectivity index is 2.58. The Morgan fingerprint density at radius 2 is 2.00 bits per heavy atom. The lowest BCUT2D eigenvalue weighted by Gasteiger charge is -2.18. The van der Waals surface area contributed by atoms with Crippen LogP contribution < -0.4 is 0 Å². The first-order valence-electron chi connectivity index (χ1n) is 5.11. The van der Waals surface area contributed by atoms with Crippen molar-refractivity contribution < 1.29 is 0 Å². The fourth-order valence-electron chi connectivity index (χ4n) is 1.81. The van der Waals surface area contributed by atoms with Gasteiger partial charge in [0.15, 0.2) is 0 Å². The third kappa shape index (κ3) is 1.61. The molecule has 0 aliphatic heterocycles. The van der Waals surface area contributed by atoms with Crippen molar-refractivity contribution in [1.82, 2.24) is 9.97 Å². The molecule has 1 heterocycles. The standard InChI is InChI=1S/C11H16N2S/c1-11(2,3)10-12-8-6-4-5-7(8)9(14)13-10/h4-6H2,1-3H3,(H,12,13,14). The van der Waals surface area contributed by atoms with Gasteiger partial charge in [0.25, 0.3) is 0 Å². The highest BCUT2D eigenvalue weighted by Gasteiger charge is 2.21. The number of aryl methyl sites for hydroxylation is 1. The van der Waals surface area contributed by atoms with Crippen molar-refractivity contribution in [2.45, 2.75) is 45.4 Å². The molecule has 2 nitrogen and oxygen atoms in total. The van der Waals surface area contributed by atoms with Gasteiger partial charge < -0.3 is 4.98 Å². The highest BCUT2D eigenvalue weighted by Crippen LogP contribution is 2.24. The molecule has 3 heteroatoms. The molecule has 2 rings (SSSR count). The lowest BCUT2D eigenvalue weighted by molar-refractivity contribution is 0.540. The zero-order valence-corrected chi connectivity index (χ0v) is 9.79. The Bertz CT molecular complexity index is 412. The summed E-state index contributed by atoms with van der Waals surface area (Å²) in [6.07, 6.45) is 3.44. The molecule has 0 spiro atoms. The predicted octanol–water partition coefficient (Wildman–Crippen LogP) is 2.93. The molecule has 76 valence electrons. The first-order chi connectivity index (χ1) is 6.48. The zero-order chi connectivity index (χ0) is 10.3. The number of nitrogens with zero attached hydrogens (tertiary/aromatic N) is 1. The summed E-state index contributed by atoms with van der Waals surface area (Å²) in [6.45, 7) is 6.46. The van der Waals surface area contributed by atoms with Crippen LogP contribution in [0.5, 0.6) is 0 Å². The molecule has 0 amide bonds. The van der Waals surface area contributed by atoms with Crippen molar-refractivity contribution >= 4 is 12.2 Å². The van der Waals surface area contributed by atoms with E-state index >= 15 is 0 Å². The minimum atomic E-state index is 0.0607. The van der Waals surface area contributed by atoms with Crippen LogP contribution >= 0.6 is 12.2 Å². The second-order valence-electron chi connectivity index (χ2n) is 4.95. The molecule has 1 N–H and O–H groups in total. The average molecular weight is 208 g/mol. The van der Waals surface area contributed by atoms with Crippen molar-refractivity contribution in [3.63, 3.8) is 0 Å². The van der Waals surface area contributed by atoms with E-state index in [0.717, 1.165) is 23.3 Å². The van der Waals surface area contributed by atoms with Crippen LogP contribution in [-0.4, -0.2) is 9.97 Å². The van der Waals surface area contributed by atoms with Gasteiger partial charge in [0.1, 0.15) is 10.5 Å². The molecular formula is C11H16N2S. The Morgan fingerprint density at radius 1 is 1.29 bits per heavy atom. The van der Waals surface area contributed by atoms with Gasteiger partial charge >= 0.3 is 0 Å². The number of hydrogen-bond acceptors (Lipinski definition) is 2. The molecular weight excluding hydrogens is 192 g/mol. The van der Waals surface area contributed by atoms with Crippen LogP contribution in [0.4, 0.5) is 0 Å². The van der Waals surface area contributed by atoms with Gasteiger partial charge in [-0.25, -0.2) is 4.98 Å². The fourth-order valence-corrected chi connectivity index (χ4v) is 2.13. The van der Waals surface area contributed by atoms with Crippen LogP contribution in [0.3, 0.4) is 0 Å². The number of hydrogen-bond donors (Lipinski definition) is 1.